The van der Waals surface area contributed by atoms with E-state index in [-0.39, 0.29) is 37.2 Å². The summed E-state index contributed by atoms with van der Waals surface area (Å²) in [6, 6.07) is 7.42. The number of thiazole rings is 1. The summed E-state index contributed by atoms with van der Waals surface area (Å²) >= 11 is 1.28. The molecule has 0 bridgehead atoms. The topological polar surface area (TPSA) is 108 Å². The summed E-state index contributed by atoms with van der Waals surface area (Å²) in [4.78, 5) is 53.0. The van der Waals surface area contributed by atoms with E-state index in [9.17, 15) is 19.2 Å². The van der Waals surface area contributed by atoms with E-state index < -0.39 is 5.91 Å². The molecule has 0 aliphatic carbocycles. The Morgan fingerprint density at radius 3 is 2.52 bits per heavy atom. The SMILES string of the molecule is CCCN(CC(=O)NCC(=O)c1nc2ccccc2s1)C(=O)CNC(C)=O. The minimum absolute atomic E-state index is 0.159. The normalized spacial score (nSPS) is 10.4. The van der Waals surface area contributed by atoms with E-state index in [1.54, 1.807) is 0 Å². The number of benzene rings is 1. The van der Waals surface area contributed by atoms with Crippen LogP contribution in [0.1, 0.15) is 30.1 Å². The van der Waals surface area contributed by atoms with Gasteiger partial charge in [0.05, 0.1) is 29.9 Å². The van der Waals surface area contributed by atoms with Crippen molar-refractivity contribution in [3.63, 3.8) is 0 Å². The Morgan fingerprint density at radius 2 is 1.85 bits per heavy atom. The van der Waals surface area contributed by atoms with E-state index in [4.69, 9.17) is 0 Å². The van der Waals surface area contributed by atoms with Gasteiger partial charge in [-0.1, -0.05) is 19.1 Å². The van der Waals surface area contributed by atoms with Crippen molar-refractivity contribution in [2.75, 3.05) is 26.2 Å². The summed E-state index contributed by atoms with van der Waals surface area (Å²) in [5, 5.41) is 5.29. The number of hydrogen-bond acceptors (Lipinski definition) is 6. The summed E-state index contributed by atoms with van der Waals surface area (Å²) in [5.41, 5.74) is 0.745. The molecule has 0 aliphatic heterocycles. The highest BCUT2D eigenvalue weighted by Crippen LogP contribution is 2.21. The largest absolute Gasteiger partial charge is 0.347 e. The number of para-hydroxylation sites is 1. The van der Waals surface area contributed by atoms with Gasteiger partial charge >= 0.3 is 0 Å². The molecule has 27 heavy (non-hydrogen) atoms. The Labute approximate surface area is 160 Å². The minimum Gasteiger partial charge on any atom is -0.347 e. The van der Waals surface area contributed by atoms with Gasteiger partial charge in [-0.05, 0) is 18.6 Å². The fourth-order valence-electron chi connectivity index (χ4n) is 2.35. The molecular weight excluding hydrogens is 368 g/mol. The number of ketones is 1. The summed E-state index contributed by atoms with van der Waals surface area (Å²) in [5.74, 6) is -1.38. The van der Waals surface area contributed by atoms with E-state index in [0.29, 0.717) is 18.0 Å². The summed E-state index contributed by atoms with van der Waals surface area (Å²) in [6.45, 7) is 3.08. The molecular formula is C18H22N4O4S. The lowest BCUT2D eigenvalue weighted by Crippen LogP contribution is -2.45. The van der Waals surface area contributed by atoms with Crippen LogP contribution in [-0.2, 0) is 14.4 Å². The molecule has 0 spiro atoms. The number of carbonyl (C=O) groups excluding carboxylic acids is 4. The Morgan fingerprint density at radius 1 is 1.11 bits per heavy atom. The van der Waals surface area contributed by atoms with Crippen LogP contribution in [0.5, 0.6) is 0 Å². The molecule has 2 aromatic rings. The van der Waals surface area contributed by atoms with Gasteiger partial charge in [-0.25, -0.2) is 4.98 Å². The number of carbonyl (C=O) groups is 4. The zero-order chi connectivity index (χ0) is 19.8. The molecule has 9 heteroatoms. The second kappa shape index (κ2) is 9.77. The molecule has 2 rings (SSSR count). The van der Waals surface area contributed by atoms with Gasteiger partial charge in [-0.2, -0.15) is 0 Å². The van der Waals surface area contributed by atoms with Crippen molar-refractivity contribution in [3.8, 4) is 0 Å². The van der Waals surface area contributed by atoms with Gasteiger partial charge in [0.2, 0.25) is 23.5 Å². The Hall–Kier alpha value is -2.81. The summed E-state index contributed by atoms with van der Waals surface area (Å²) < 4.78 is 0.907. The summed E-state index contributed by atoms with van der Waals surface area (Å²) in [7, 11) is 0. The van der Waals surface area contributed by atoms with Gasteiger partial charge in [-0.15, -0.1) is 11.3 Å². The van der Waals surface area contributed by atoms with Crippen LogP contribution in [0.25, 0.3) is 10.2 Å². The molecule has 144 valence electrons. The van der Waals surface area contributed by atoms with Crippen LogP contribution >= 0.6 is 11.3 Å². The maximum Gasteiger partial charge on any atom is 0.242 e. The van der Waals surface area contributed by atoms with E-state index >= 15 is 0 Å². The van der Waals surface area contributed by atoms with Crippen LogP contribution in [-0.4, -0.2) is 59.6 Å². The third-order valence-corrected chi connectivity index (χ3v) is 4.73. The first-order chi connectivity index (χ1) is 12.9. The van der Waals surface area contributed by atoms with Crippen molar-refractivity contribution in [1.29, 1.82) is 0 Å². The number of hydrogen-bond donors (Lipinski definition) is 2. The lowest BCUT2D eigenvalue weighted by atomic mass is 10.3. The van der Waals surface area contributed by atoms with Gasteiger partial charge < -0.3 is 15.5 Å². The van der Waals surface area contributed by atoms with Crippen LogP contribution in [0.3, 0.4) is 0 Å². The molecule has 0 unspecified atom stereocenters. The van der Waals surface area contributed by atoms with Gasteiger partial charge in [0, 0.05) is 13.5 Å². The Bertz CT molecular complexity index is 816. The number of Topliss-reactive ketones (excluding diaryl/α,β-unsaturated/α-hetero) is 1. The lowest BCUT2D eigenvalue weighted by molar-refractivity contribution is -0.136. The monoisotopic (exact) mass is 390 g/mol. The van der Waals surface area contributed by atoms with Crippen LogP contribution < -0.4 is 10.6 Å². The van der Waals surface area contributed by atoms with E-state index in [1.807, 2.05) is 31.2 Å². The van der Waals surface area contributed by atoms with Gasteiger partial charge in [0.25, 0.3) is 0 Å². The molecule has 1 aromatic carbocycles. The number of nitrogens with one attached hydrogen (secondary N) is 2. The van der Waals surface area contributed by atoms with E-state index in [0.717, 1.165) is 10.2 Å². The number of amides is 3. The molecule has 8 nitrogen and oxygen atoms in total. The van der Waals surface area contributed by atoms with Crippen molar-refractivity contribution in [2.45, 2.75) is 20.3 Å². The number of nitrogens with zero attached hydrogens (tertiary/aromatic N) is 2. The highest BCUT2D eigenvalue weighted by Gasteiger charge is 2.18. The fraction of sp³-hybridized carbons (Fsp3) is 0.389. The standard InChI is InChI=1S/C18H22N4O4S/c1-3-8-22(17(26)10-19-12(2)23)11-16(25)20-9-14(24)18-21-13-6-4-5-7-15(13)27-18/h4-7H,3,8-11H2,1-2H3,(H,19,23)(H,20,25). The number of fused-ring (bicyclic) bond motifs is 1. The average molecular weight is 390 g/mol. The first-order valence-electron chi connectivity index (χ1n) is 8.58. The fourth-order valence-corrected chi connectivity index (χ4v) is 3.25. The quantitative estimate of drug-likeness (QED) is 0.620. The first-order valence-corrected chi connectivity index (χ1v) is 9.40. The molecule has 1 heterocycles. The van der Waals surface area contributed by atoms with Crippen LogP contribution in [0.15, 0.2) is 24.3 Å². The third kappa shape index (κ3) is 6.14. The molecule has 0 fully saturated rings. The van der Waals surface area contributed by atoms with Crippen molar-refractivity contribution in [2.24, 2.45) is 0 Å². The molecule has 0 saturated heterocycles. The molecule has 1 aromatic heterocycles. The molecule has 0 atom stereocenters. The first kappa shape index (κ1) is 20.5. The van der Waals surface area contributed by atoms with Gasteiger partial charge in [0.1, 0.15) is 0 Å². The Balaban J connectivity index is 1.88. The highest BCUT2D eigenvalue weighted by atomic mass is 32.1. The predicted molar refractivity (Wildman–Crippen MR) is 103 cm³/mol. The zero-order valence-corrected chi connectivity index (χ0v) is 16.1. The summed E-state index contributed by atoms with van der Waals surface area (Å²) in [6.07, 6.45) is 0.670. The van der Waals surface area contributed by atoms with Gasteiger partial charge in [0.15, 0.2) is 5.01 Å². The zero-order valence-electron chi connectivity index (χ0n) is 15.3. The Kier molecular flexibility index (Phi) is 7.42. The van der Waals surface area contributed by atoms with Crippen LogP contribution in [0, 0.1) is 0 Å². The second-order valence-corrected chi connectivity index (χ2v) is 6.94. The minimum atomic E-state index is -0.436. The average Bonchev–Trinajstić information content (AvgIpc) is 3.08. The molecule has 0 aliphatic rings. The van der Waals surface area contributed by atoms with Gasteiger partial charge in [-0.3, -0.25) is 19.2 Å². The van der Waals surface area contributed by atoms with Crippen molar-refractivity contribution >= 4 is 45.1 Å². The third-order valence-electron chi connectivity index (χ3n) is 3.65. The van der Waals surface area contributed by atoms with E-state index in [2.05, 4.69) is 15.6 Å². The van der Waals surface area contributed by atoms with E-state index in [1.165, 1.54) is 23.2 Å². The van der Waals surface area contributed by atoms with Crippen LogP contribution in [0.4, 0.5) is 0 Å². The molecule has 3 amide bonds. The smallest absolute Gasteiger partial charge is 0.242 e. The number of rotatable bonds is 9. The maximum absolute atomic E-state index is 12.2. The lowest BCUT2D eigenvalue weighted by Gasteiger charge is -2.21. The number of aromatic nitrogens is 1. The molecule has 2 N–H and O–H groups in total. The maximum atomic E-state index is 12.2. The second-order valence-electron chi connectivity index (χ2n) is 5.91. The van der Waals surface area contributed by atoms with Crippen LogP contribution in [0.2, 0.25) is 0 Å². The molecule has 0 saturated carbocycles. The molecule has 0 radical (unpaired) electrons. The van der Waals surface area contributed by atoms with Crippen molar-refractivity contribution in [1.82, 2.24) is 20.5 Å². The highest BCUT2D eigenvalue weighted by molar-refractivity contribution is 7.20. The predicted octanol–water partition coefficient (Wildman–Crippen LogP) is 0.970. The van der Waals surface area contributed by atoms with Crippen molar-refractivity contribution < 1.29 is 19.2 Å². The van der Waals surface area contributed by atoms with Crippen molar-refractivity contribution in [3.05, 3.63) is 29.3 Å².